The fraction of sp³-hybridized carbons (Fsp3) is 0.0526. The van der Waals surface area contributed by atoms with Crippen LogP contribution in [0.15, 0.2) is 76.5 Å². The predicted octanol–water partition coefficient (Wildman–Crippen LogP) is 4.66. The van der Waals surface area contributed by atoms with Crippen molar-refractivity contribution in [3.05, 3.63) is 88.2 Å². The molecular formula is C19H14BrN3O. The number of nitrogens with zero attached hydrogens (tertiary/aromatic N) is 3. The molecule has 0 fully saturated rings. The van der Waals surface area contributed by atoms with Gasteiger partial charge in [-0.05, 0) is 36.4 Å². The SMILES string of the molecule is N#Cc1ccccc1CO/N=C\c1cccn1-c1cccc(Br)c1. The van der Waals surface area contributed by atoms with Crippen LogP contribution in [0, 0.1) is 11.3 Å². The van der Waals surface area contributed by atoms with Crippen molar-refractivity contribution in [3.63, 3.8) is 0 Å². The molecule has 0 unspecified atom stereocenters. The van der Waals surface area contributed by atoms with Crippen LogP contribution >= 0.6 is 15.9 Å². The molecule has 0 atom stereocenters. The van der Waals surface area contributed by atoms with Crippen LogP contribution in [0.4, 0.5) is 0 Å². The molecule has 0 spiro atoms. The molecule has 3 rings (SSSR count). The van der Waals surface area contributed by atoms with Gasteiger partial charge in [0.05, 0.1) is 23.5 Å². The van der Waals surface area contributed by atoms with Gasteiger partial charge in [0, 0.05) is 21.9 Å². The molecule has 2 aromatic carbocycles. The highest BCUT2D eigenvalue weighted by Crippen LogP contribution is 2.17. The van der Waals surface area contributed by atoms with Crippen LogP contribution in [0.2, 0.25) is 0 Å². The van der Waals surface area contributed by atoms with Crippen molar-refractivity contribution in [1.29, 1.82) is 5.26 Å². The molecule has 1 heterocycles. The van der Waals surface area contributed by atoms with Gasteiger partial charge in [-0.25, -0.2) is 0 Å². The molecule has 118 valence electrons. The van der Waals surface area contributed by atoms with Gasteiger partial charge >= 0.3 is 0 Å². The van der Waals surface area contributed by atoms with E-state index in [2.05, 4.69) is 27.2 Å². The molecular weight excluding hydrogens is 366 g/mol. The summed E-state index contributed by atoms with van der Waals surface area (Å²) < 4.78 is 3.03. The van der Waals surface area contributed by atoms with Crippen LogP contribution in [-0.4, -0.2) is 10.8 Å². The molecule has 0 saturated carbocycles. The summed E-state index contributed by atoms with van der Waals surface area (Å²) in [4.78, 5) is 5.35. The van der Waals surface area contributed by atoms with E-state index in [1.165, 1.54) is 0 Å². The maximum Gasteiger partial charge on any atom is 0.143 e. The van der Waals surface area contributed by atoms with Gasteiger partial charge in [0.2, 0.25) is 0 Å². The third kappa shape index (κ3) is 3.73. The average molecular weight is 380 g/mol. The lowest BCUT2D eigenvalue weighted by Gasteiger charge is -2.06. The first-order valence-corrected chi connectivity index (χ1v) is 8.14. The van der Waals surface area contributed by atoms with E-state index in [4.69, 9.17) is 10.1 Å². The lowest BCUT2D eigenvalue weighted by atomic mass is 10.1. The molecule has 24 heavy (non-hydrogen) atoms. The summed E-state index contributed by atoms with van der Waals surface area (Å²) in [5, 5.41) is 13.1. The van der Waals surface area contributed by atoms with Crippen LogP contribution in [0.5, 0.6) is 0 Å². The number of rotatable bonds is 5. The van der Waals surface area contributed by atoms with E-state index in [0.29, 0.717) is 5.56 Å². The molecule has 0 bridgehead atoms. The van der Waals surface area contributed by atoms with Gasteiger partial charge in [-0.15, -0.1) is 0 Å². The van der Waals surface area contributed by atoms with Crippen molar-refractivity contribution in [3.8, 4) is 11.8 Å². The lowest BCUT2D eigenvalue weighted by Crippen LogP contribution is -1.98. The van der Waals surface area contributed by atoms with Gasteiger partial charge in [0.1, 0.15) is 6.61 Å². The van der Waals surface area contributed by atoms with E-state index in [0.717, 1.165) is 21.4 Å². The van der Waals surface area contributed by atoms with Crippen molar-refractivity contribution in [2.45, 2.75) is 6.61 Å². The van der Waals surface area contributed by atoms with Crippen molar-refractivity contribution in [2.24, 2.45) is 5.16 Å². The lowest BCUT2D eigenvalue weighted by molar-refractivity contribution is 0.132. The number of oxime groups is 1. The van der Waals surface area contributed by atoms with Crippen LogP contribution < -0.4 is 0 Å². The smallest absolute Gasteiger partial charge is 0.143 e. The molecule has 5 heteroatoms. The number of hydrogen-bond donors (Lipinski definition) is 0. The summed E-state index contributed by atoms with van der Waals surface area (Å²) in [6.45, 7) is 0.262. The molecule has 0 aliphatic carbocycles. The summed E-state index contributed by atoms with van der Waals surface area (Å²) in [6.07, 6.45) is 3.63. The number of halogens is 1. The van der Waals surface area contributed by atoms with Gasteiger partial charge in [0.25, 0.3) is 0 Å². The zero-order valence-electron chi connectivity index (χ0n) is 12.8. The Hall–Kier alpha value is -2.84. The fourth-order valence-corrected chi connectivity index (χ4v) is 2.70. The van der Waals surface area contributed by atoms with Crippen LogP contribution in [-0.2, 0) is 11.4 Å². The fourth-order valence-electron chi connectivity index (χ4n) is 2.31. The Kier molecular flexibility index (Phi) is 5.09. The van der Waals surface area contributed by atoms with Crippen LogP contribution in [0.1, 0.15) is 16.8 Å². The van der Waals surface area contributed by atoms with Crippen molar-refractivity contribution in [2.75, 3.05) is 0 Å². The second-order valence-corrected chi connectivity index (χ2v) is 5.98. The molecule has 3 aromatic rings. The maximum absolute atomic E-state index is 9.06. The van der Waals surface area contributed by atoms with Crippen LogP contribution in [0.3, 0.4) is 0 Å². The van der Waals surface area contributed by atoms with Crippen molar-refractivity contribution >= 4 is 22.1 Å². The van der Waals surface area contributed by atoms with Crippen LogP contribution in [0.25, 0.3) is 5.69 Å². The summed E-state index contributed by atoms with van der Waals surface area (Å²) in [7, 11) is 0. The van der Waals surface area contributed by atoms with Gasteiger partial charge in [-0.2, -0.15) is 5.26 Å². The zero-order valence-corrected chi connectivity index (χ0v) is 14.3. The van der Waals surface area contributed by atoms with E-state index < -0.39 is 0 Å². The Morgan fingerprint density at radius 1 is 1.12 bits per heavy atom. The number of hydrogen-bond acceptors (Lipinski definition) is 3. The van der Waals surface area contributed by atoms with E-state index in [1.807, 2.05) is 65.4 Å². The molecule has 0 aliphatic rings. The Labute approximate surface area is 148 Å². The van der Waals surface area contributed by atoms with Crippen molar-refractivity contribution < 1.29 is 4.84 Å². The quantitative estimate of drug-likeness (QED) is 0.477. The second-order valence-electron chi connectivity index (χ2n) is 5.06. The first-order valence-electron chi connectivity index (χ1n) is 7.34. The standard InChI is InChI=1S/C19H14BrN3O/c20-17-7-3-8-18(11-17)23-10-4-9-19(23)13-22-24-14-16-6-2-1-5-15(16)12-21/h1-11,13H,14H2/b22-13-. The molecule has 1 aromatic heterocycles. The van der Waals surface area contributed by atoms with E-state index in [-0.39, 0.29) is 6.61 Å². The van der Waals surface area contributed by atoms with Gasteiger partial charge in [-0.3, -0.25) is 0 Å². The Morgan fingerprint density at radius 3 is 2.83 bits per heavy atom. The molecule has 4 nitrogen and oxygen atoms in total. The van der Waals surface area contributed by atoms with Gasteiger partial charge in [-0.1, -0.05) is 45.4 Å². The monoisotopic (exact) mass is 379 g/mol. The number of nitriles is 1. The van der Waals surface area contributed by atoms with E-state index >= 15 is 0 Å². The summed E-state index contributed by atoms with van der Waals surface area (Å²) >= 11 is 3.48. The molecule has 0 aliphatic heterocycles. The summed E-state index contributed by atoms with van der Waals surface area (Å²) in [5.41, 5.74) is 3.36. The van der Waals surface area contributed by atoms with E-state index in [9.17, 15) is 0 Å². The van der Waals surface area contributed by atoms with E-state index in [1.54, 1.807) is 12.3 Å². The third-order valence-electron chi connectivity index (χ3n) is 3.48. The van der Waals surface area contributed by atoms with Crippen molar-refractivity contribution in [1.82, 2.24) is 4.57 Å². The Morgan fingerprint density at radius 2 is 2.00 bits per heavy atom. The Balaban J connectivity index is 1.70. The number of aromatic nitrogens is 1. The second kappa shape index (κ2) is 7.62. The molecule has 0 saturated heterocycles. The highest BCUT2D eigenvalue weighted by molar-refractivity contribution is 9.10. The molecule has 0 amide bonds. The molecule has 0 N–H and O–H groups in total. The summed E-state index contributed by atoms with van der Waals surface area (Å²) in [5.74, 6) is 0. The predicted molar refractivity (Wildman–Crippen MR) is 97.0 cm³/mol. The summed E-state index contributed by atoms with van der Waals surface area (Å²) in [6, 6.07) is 21.4. The minimum absolute atomic E-state index is 0.262. The third-order valence-corrected chi connectivity index (χ3v) is 3.98. The van der Waals surface area contributed by atoms with Gasteiger partial charge in [0.15, 0.2) is 0 Å². The number of benzene rings is 2. The average Bonchev–Trinajstić information content (AvgIpc) is 3.07. The largest absolute Gasteiger partial charge is 0.391 e. The minimum atomic E-state index is 0.262. The molecule has 0 radical (unpaired) electrons. The Bertz CT molecular complexity index is 909. The topological polar surface area (TPSA) is 50.3 Å². The maximum atomic E-state index is 9.06. The normalized spacial score (nSPS) is 10.7. The minimum Gasteiger partial charge on any atom is -0.391 e. The zero-order chi connectivity index (χ0) is 16.8. The highest BCUT2D eigenvalue weighted by Gasteiger charge is 2.03. The van der Waals surface area contributed by atoms with Gasteiger partial charge < -0.3 is 9.40 Å². The first-order chi connectivity index (χ1) is 11.8. The highest BCUT2D eigenvalue weighted by atomic mass is 79.9. The first kappa shape index (κ1) is 16.0.